The largest absolute Gasteiger partial charge is 0.375 e. The van der Waals surface area contributed by atoms with E-state index in [9.17, 15) is 0 Å². The molecule has 0 spiro atoms. The quantitative estimate of drug-likeness (QED) is 0.830. The predicted octanol–water partition coefficient (Wildman–Crippen LogP) is 2.64. The summed E-state index contributed by atoms with van der Waals surface area (Å²) < 4.78 is 0. The fourth-order valence-corrected chi connectivity index (χ4v) is 2.16. The summed E-state index contributed by atoms with van der Waals surface area (Å²) >= 11 is 0. The van der Waals surface area contributed by atoms with Gasteiger partial charge in [0.2, 0.25) is 0 Å². The second-order valence-corrected chi connectivity index (χ2v) is 4.79. The zero-order valence-electron chi connectivity index (χ0n) is 10.1. The van der Waals surface area contributed by atoms with Crippen molar-refractivity contribution in [1.29, 1.82) is 0 Å². The SMILES string of the molecule is CC(C)c1n[nH]c([C@@H]2Cc3ccccc3N2)n1. The minimum Gasteiger partial charge on any atom is -0.375 e. The summed E-state index contributed by atoms with van der Waals surface area (Å²) in [6.45, 7) is 4.20. The van der Waals surface area contributed by atoms with Crippen LogP contribution in [0.5, 0.6) is 0 Å². The third-order valence-corrected chi connectivity index (χ3v) is 3.14. The third kappa shape index (κ3) is 1.79. The van der Waals surface area contributed by atoms with Gasteiger partial charge in [0.25, 0.3) is 0 Å². The number of nitrogens with zero attached hydrogens (tertiary/aromatic N) is 2. The van der Waals surface area contributed by atoms with Gasteiger partial charge in [-0.2, -0.15) is 5.10 Å². The monoisotopic (exact) mass is 228 g/mol. The van der Waals surface area contributed by atoms with Crippen LogP contribution in [-0.2, 0) is 6.42 Å². The summed E-state index contributed by atoms with van der Waals surface area (Å²) in [4.78, 5) is 4.55. The molecule has 0 bridgehead atoms. The molecule has 2 N–H and O–H groups in total. The zero-order valence-corrected chi connectivity index (χ0v) is 10.1. The van der Waals surface area contributed by atoms with Gasteiger partial charge in [-0.15, -0.1) is 0 Å². The lowest BCUT2D eigenvalue weighted by Crippen LogP contribution is -2.07. The molecule has 1 aromatic carbocycles. The number of hydrogen-bond donors (Lipinski definition) is 2. The van der Waals surface area contributed by atoms with Crippen molar-refractivity contribution >= 4 is 5.69 Å². The Morgan fingerprint density at radius 2 is 2.12 bits per heavy atom. The van der Waals surface area contributed by atoms with Gasteiger partial charge in [-0.05, 0) is 11.6 Å². The Hall–Kier alpha value is -1.84. The van der Waals surface area contributed by atoms with Crippen molar-refractivity contribution in [2.24, 2.45) is 0 Å². The first-order valence-corrected chi connectivity index (χ1v) is 6.00. The van der Waals surface area contributed by atoms with Crippen molar-refractivity contribution in [2.75, 3.05) is 5.32 Å². The molecule has 1 aliphatic heterocycles. The Balaban J connectivity index is 1.84. The van der Waals surface area contributed by atoms with E-state index in [1.165, 1.54) is 11.3 Å². The van der Waals surface area contributed by atoms with Crippen molar-refractivity contribution < 1.29 is 0 Å². The Morgan fingerprint density at radius 1 is 1.29 bits per heavy atom. The topological polar surface area (TPSA) is 53.6 Å². The molecule has 3 rings (SSSR count). The van der Waals surface area contributed by atoms with E-state index in [0.717, 1.165) is 18.1 Å². The highest BCUT2D eigenvalue weighted by Crippen LogP contribution is 2.32. The van der Waals surface area contributed by atoms with E-state index in [4.69, 9.17) is 0 Å². The maximum absolute atomic E-state index is 4.55. The molecule has 0 fully saturated rings. The second-order valence-electron chi connectivity index (χ2n) is 4.79. The number of hydrogen-bond acceptors (Lipinski definition) is 3. The van der Waals surface area contributed by atoms with Gasteiger partial charge >= 0.3 is 0 Å². The lowest BCUT2D eigenvalue weighted by atomic mass is 10.1. The first-order valence-electron chi connectivity index (χ1n) is 6.00. The zero-order chi connectivity index (χ0) is 11.8. The third-order valence-electron chi connectivity index (χ3n) is 3.14. The number of anilines is 1. The molecule has 1 aromatic heterocycles. The molecule has 4 heteroatoms. The normalized spacial score (nSPS) is 18.2. The highest BCUT2D eigenvalue weighted by molar-refractivity contribution is 5.57. The standard InChI is InChI=1S/C13H16N4/c1-8(2)12-15-13(17-16-12)11-7-9-5-3-4-6-10(9)14-11/h3-6,8,11,14H,7H2,1-2H3,(H,15,16,17)/t11-/m0/s1. The highest BCUT2D eigenvalue weighted by atomic mass is 15.2. The maximum atomic E-state index is 4.55. The predicted molar refractivity (Wildman–Crippen MR) is 67.0 cm³/mol. The number of H-pyrrole nitrogens is 1. The van der Waals surface area contributed by atoms with Gasteiger partial charge in [-0.25, -0.2) is 4.98 Å². The summed E-state index contributed by atoms with van der Waals surface area (Å²) in [6.07, 6.45) is 0.975. The number of nitrogens with one attached hydrogen (secondary N) is 2. The first kappa shape index (κ1) is 10.3. The van der Waals surface area contributed by atoms with E-state index >= 15 is 0 Å². The maximum Gasteiger partial charge on any atom is 0.153 e. The molecular formula is C13H16N4. The Labute approximate surface area is 100 Å². The van der Waals surface area contributed by atoms with Gasteiger partial charge in [0.05, 0.1) is 6.04 Å². The molecule has 0 radical (unpaired) electrons. The van der Waals surface area contributed by atoms with Crippen molar-refractivity contribution in [2.45, 2.75) is 32.2 Å². The van der Waals surface area contributed by atoms with Crippen LogP contribution in [0.4, 0.5) is 5.69 Å². The van der Waals surface area contributed by atoms with E-state index in [1.54, 1.807) is 0 Å². The average molecular weight is 228 g/mol. The van der Waals surface area contributed by atoms with Crippen molar-refractivity contribution in [1.82, 2.24) is 15.2 Å². The molecule has 0 unspecified atom stereocenters. The van der Waals surface area contributed by atoms with Crippen LogP contribution < -0.4 is 5.32 Å². The molecule has 0 saturated heterocycles. The Morgan fingerprint density at radius 3 is 2.82 bits per heavy atom. The number of aromatic nitrogens is 3. The lowest BCUT2D eigenvalue weighted by molar-refractivity contribution is 0.749. The number of aromatic amines is 1. The molecule has 4 nitrogen and oxygen atoms in total. The van der Waals surface area contributed by atoms with Crippen LogP contribution >= 0.6 is 0 Å². The van der Waals surface area contributed by atoms with E-state index < -0.39 is 0 Å². The van der Waals surface area contributed by atoms with E-state index in [0.29, 0.717) is 5.92 Å². The smallest absolute Gasteiger partial charge is 0.153 e. The number of fused-ring (bicyclic) bond motifs is 1. The summed E-state index contributed by atoms with van der Waals surface area (Å²) in [5.41, 5.74) is 2.56. The Kier molecular flexibility index (Phi) is 2.35. The average Bonchev–Trinajstić information content (AvgIpc) is 2.95. The fraction of sp³-hybridized carbons (Fsp3) is 0.385. The summed E-state index contributed by atoms with van der Waals surface area (Å²) in [5, 5.41) is 10.8. The summed E-state index contributed by atoms with van der Waals surface area (Å²) in [5.74, 6) is 2.19. The number of para-hydroxylation sites is 1. The fourth-order valence-electron chi connectivity index (χ4n) is 2.16. The second kappa shape index (κ2) is 3.87. The van der Waals surface area contributed by atoms with Gasteiger partial charge < -0.3 is 5.32 Å². The molecule has 88 valence electrons. The lowest BCUT2D eigenvalue weighted by Gasteiger charge is -2.06. The molecule has 0 aliphatic carbocycles. The van der Waals surface area contributed by atoms with Crippen LogP contribution in [0.3, 0.4) is 0 Å². The van der Waals surface area contributed by atoms with Gasteiger partial charge in [0, 0.05) is 18.0 Å². The van der Waals surface area contributed by atoms with Crippen LogP contribution in [0.25, 0.3) is 0 Å². The van der Waals surface area contributed by atoms with Gasteiger partial charge in [0.15, 0.2) is 5.82 Å². The summed E-state index contributed by atoms with van der Waals surface area (Å²) in [6, 6.07) is 8.61. The van der Waals surface area contributed by atoms with E-state index in [-0.39, 0.29) is 6.04 Å². The number of rotatable bonds is 2. The van der Waals surface area contributed by atoms with Crippen molar-refractivity contribution in [3.05, 3.63) is 41.5 Å². The van der Waals surface area contributed by atoms with Crippen LogP contribution in [0.1, 0.15) is 43.0 Å². The molecule has 2 heterocycles. The minimum atomic E-state index is 0.229. The molecule has 17 heavy (non-hydrogen) atoms. The first-order chi connectivity index (χ1) is 8.24. The molecule has 1 atom stereocenters. The Bertz CT molecular complexity index is 505. The van der Waals surface area contributed by atoms with Crippen LogP contribution in [0.2, 0.25) is 0 Å². The molecule has 0 amide bonds. The van der Waals surface area contributed by atoms with Gasteiger partial charge in [0.1, 0.15) is 5.82 Å². The minimum absolute atomic E-state index is 0.229. The van der Waals surface area contributed by atoms with Crippen LogP contribution in [-0.4, -0.2) is 15.2 Å². The van der Waals surface area contributed by atoms with Gasteiger partial charge in [-0.1, -0.05) is 32.0 Å². The molecule has 1 aliphatic rings. The van der Waals surface area contributed by atoms with E-state index in [2.05, 4.69) is 52.5 Å². The van der Waals surface area contributed by atoms with Crippen LogP contribution in [0.15, 0.2) is 24.3 Å². The van der Waals surface area contributed by atoms with Crippen molar-refractivity contribution in [3.63, 3.8) is 0 Å². The summed E-state index contributed by atoms with van der Waals surface area (Å²) in [7, 11) is 0. The number of benzene rings is 1. The van der Waals surface area contributed by atoms with Crippen molar-refractivity contribution in [3.8, 4) is 0 Å². The van der Waals surface area contributed by atoms with Crippen LogP contribution in [0, 0.1) is 0 Å². The molecule has 2 aromatic rings. The highest BCUT2D eigenvalue weighted by Gasteiger charge is 2.24. The van der Waals surface area contributed by atoms with Gasteiger partial charge in [-0.3, -0.25) is 5.10 Å². The molecular weight excluding hydrogens is 212 g/mol. The molecule has 0 saturated carbocycles. The van der Waals surface area contributed by atoms with E-state index in [1.807, 2.05) is 6.07 Å².